The zero-order valence-corrected chi connectivity index (χ0v) is 23.7. The first-order chi connectivity index (χ1) is 18.0. The highest BCUT2D eigenvalue weighted by molar-refractivity contribution is 14.1. The normalized spacial score (nSPS) is 14.5. The summed E-state index contributed by atoms with van der Waals surface area (Å²) in [6.45, 7) is 0.123. The minimum absolute atomic E-state index is 0.118. The molecular weight excluding hydrogens is 599 g/mol. The van der Waals surface area contributed by atoms with E-state index in [1.807, 2.05) is 66.7 Å². The van der Waals surface area contributed by atoms with Crippen LogP contribution in [0.2, 0.25) is 5.02 Å². The van der Waals surface area contributed by atoms with Crippen molar-refractivity contribution in [2.24, 2.45) is 0 Å². The zero-order valence-electron chi connectivity index (χ0n) is 20.7. The maximum Gasteiger partial charge on any atom is 0.261 e. The summed E-state index contributed by atoms with van der Waals surface area (Å²) in [6, 6.07) is 24.3. The molecule has 5 nitrogen and oxygen atoms in total. The van der Waals surface area contributed by atoms with Crippen molar-refractivity contribution in [1.82, 2.24) is 10.2 Å². The van der Waals surface area contributed by atoms with Crippen LogP contribution in [-0.2, 0) is 22.6 Å². The highest BCUT2D eigenvalue weighted by atomic mass is 127. The minimum atomic E-state index is -0.673. The van der Waals surface area contributed by atoms with Crippen molar-refractivity contribution in [2.45, 2.75) is 57.2 Å². The fourth-order valence-corrected chi connectivity index (χ4v) is 5.13. The van der Waals surface area contributed by atoms with Gasteiger partial charge in [-0.25, -0.2) is 0 Å². The van der Waals surface area contributed by atoms with Gasteiger partial charge in [-0.05, 0) is 83.0 Å². The number of hydrogen-bond donors (Lipinski definition) is 1. The molecular formula is C30H32ClIN2O3. The van der Waals surface area contributed by atoms with Crippen LogP contribution in [0.5, 0.6) is 5.75 Å². The summed E-state index contributed by atoms with van der Waals surface area (Å²) in [5, 5.41) is 3.88. The smallest absolute Gasteiger partial charge is 0.261 e. The fraction of sp³-hybridized carbons (Fsp3) is 0.333. The van der Waals surface area contributed by atoms with E-state index in [1.165, 1.54) is 6.42 Å². The number of nitrogens with one attached hydrogen (secondary N) is 1. The fourth-order valence-electron chi connectivity index (χ4n) is 4.64. The van der Waals surface area contributed by atoms with Crippen molar-refractivity contribution in [1.29, 1.82) is 0 Å². The Morgan fingerprint density at radius 1 is 0.919 bits per heavy atom. The summed E-state index contributed by atoms with van der Waals surface area (Å²) in [5.74, 6) is 0.257. The quantitative estimate of drug-likeness (QED) is 0.264. The average molecular weight is 631 g/mol. The number of ether oxygens (including phenoxy) is 1. The molecule has 0 radical (unpaired) electrons. The molecule has 1 aliphatic carbocycles. The van der Waals surface area contributed by atoms with Crippen molar-refractivity contribution in [3.05, 3.63) is 98.6 Å². The Kier molecular flexibility index (Phi) is 10.3. The van der Waals surface area contributed by atoms with Crippen LogP contribution < -0.4 is 10.1 Å². The Balaban J connectivity index is 1.59. The summed E-state index contributed by atoms with van der Waals surface area (Å²) < 4.78 is 6.93. The first-order valence-corrected chi connectivity index (χ1v) is 14.2. The molecule has 0 aliphatic heterocycles. The Morgan fingerprint density at radius 3 is 2.27 bits per heavy atom. The van der Waals surface area contributed by atoms with Gasteiger partial charge in [-0.2, -0.15) is 0 Å². The largest absolute Gasteiger partial charge is 0.484 e. The van der Waals surface area contributed by atoms with Crippen LogP contribution in [0.4, 0.5) is 0 Å². The lowest BCUT2D eigenvalue weighted by Crippen LogP contribution is -2.53. The molecule has 0 aromatic heterocycles. The number of carbonyl (C=O) groups excluding carboxylic acids is 2. The van der Waals surface area contributed by atoms with Crippen molar-refractivity contribution in [3.8, 4) is 5.75 Å². The van der Waals surface area contributed by atoms with Gasteiger partial charge in [-0.15, -0.1) is 0 Å². The van der Waals surface area contributed by atoms with Crippen molar-refractivity contribution in [2.75, 3.05) is 6.61 Å². The number of nitrogens with zero attached hydrogens (tertiary/aromatic N) is 1. The second kappa shape index (κ2) is 13.8. The molecule has 0 saturated heterocycles. The van der Waals surface area contributed by atoms with E-state index >= 15 is 0 Å². The van der Waals surface area contributed by atoms with Crippen LogP contribution in [0.15, 0.2) is 78.9 Å². The SMILES string of the molecule is O=C(NC1CCCCC1)[C@H](Cc1ccccc1)N(Cc1ccc(Cl)cc1)C(=O)COc1ccc(I)cc1. The van der Waals surface area contributed by atoms with Gasteiger partial charge in [0.15, 0.2) is 6.61 Å². The van der Waals surface area contributed by atoms with Crippen LogP contribution in [-0.4, -0.2) is 35.4 Å². The van der Waals surface area contributed by atoms with Crippen molar-refractivity contribution >= 4 is 46.0 Å². The molecule has 3 aromatic rings. The van der Waals surface area contributed by atoms with E-state index in [9.17, 15) is 9.59 Å². The van der Waals surface area contributed by atoms with Crippen LogP contribution in [0.25, 0.3) is 0 Å². The molecule has 1 fully saturated rings. The van der Waals surface area contributed by atoms with Crippen molar-refractivity contribution < 1.29 is 14.3 Å². The highest BCUT2D eigenvalue weighted by Gasteiger charge is 2.32. The highest BCUT2D eigenvalue weighted by Crippen LogP contribution is 2.21. The number of halogens is 2. The van der Waals surface area contributed by atoms with Gasteiger partial charge in [0.05, 0.1) is 0 Å². The van der Waals surface area contributed by atoms with Crippen LogP contribution in [0.3, 0.4) is 0 Å². The number of carbonyl (C=O) groups is 2. The first kappa shape index (κ1) is 27.5. The van der Waals surface area contributed by atoms with E-state index in [0.717, 1.165) is 40.4 Å². The van der Waals surface area contributed by atoms with E-state index < -0.39 is 6.04 Å². The molecule has 1 aliphatic rings. The molecule has 1 saturated carbocycles. The minimum Gasteiger partial charge on any atom is -0.484 e. The molecule has 194 valence electrons. The van der Waals surface area contributed by atoms with Gasteiger partial charge in [0.2, 0.25) is 5.91 Å². The molecule has 0 bridgehead atoms. The molecule has 37 heavy (non-hydrogen) atoms. The lowest BCUT2D eigenvalue weighted by molar-refractivity contribution is -0.143. The monoisotopic (exact) mass is 630 g/mol. The molecule has 2 amide bonds. The summed E-state index contributed by atoms with van der Waals surface area (Å²) in [5.41, 5.74) is 1.90. The second-order valence-corrected chi connectivity index (χ2v) is 11.1. The maximum absolute atomic E-state index is 13.8. The van der Waals surface area contributed by atoms with Gasteiger partial charge in [0.1, 0.15) is 11.8 Å². The number of hydrogen-bond acceptors (Lipinski definition) is 3. The molecule has 4 rings (SSSR count). The standard InChI is InChI=1S/C30H32ClIN2O3/c31-24-13-11-23(12-14-24)20-34(29(35)21-37-27-17-15-25(32)16-18-27)28(19-22-7-3-1-4-8-22)30(36)33-26-9-5-2-6-10-26/h1,3-4,7-8,11-18,26,28H,2,5-6,9-10,19-21H2,(H,33,36)/t28-/m0/s1. The molecule has 0 unspecified atom stereocenters. The summed E-state index contributed by atoms with van der Waals surface area (Å²) in [7, 11) is 0. The molecule has 0 spiro atoms. The maximum atomic E-state index is 13.8. The predicted octanol–water partition coefficient (Wildman–Crippen LogP) is 6.41. The lowest BCUT2D eigenvalue weighted by atomic mass is 9.94. The number of benzene rings is 3. The predicted molar refractivity (Wildman–Crippen MR) is 156 cm³/mol. The van der Waals surface area contributed by atoms with E-state index in [1.54, 1.807) is 17.0 Å². The summed E-state index contributed by atoms with van der Waals surface area (Å²) in [6.07, 6.45) is 5.81. The molecule has 0 heterocycles. The van der Waals surface area contributed by atoms with E-state index in [4.69, 9.17) is 16.3 Å². The Bertz CT molecular complexity index is 1150. The second-order valence-electron chi connectivity index (χ2n) is 9.44. The van der Waals surface area contributed by atoms with Gasteiger partial charge >= 0.3 is 0 Å². The zero-order chi connectivity index (χ0) is 26.0. The van der Waals surface area contributed by atoms with E-state index in [2.05, 4.69) is 27.9 Å². The van der Waals surface area contributed by atoms with Gasteiger partial charge in [0.25, 0.3) is 5.91 Å². The van der Waals surface area contributed by atoms with E-state index in [0.29, 0.717) is 17.2 Å². The van der Waals surface area contributed by atoms with Crippen molar-refractivity contribution in [3.63, 3.8) is 0 Å². The first-order valence-electron chi connectivity index (χ1n) is 12.7. The van der Waals surface area contributed by atoms with Gasteiger partial charge in [0, 0.05) is 27.6 Å². The molecule has 7 heteroatoms. The Morgan fingerprint density at radius 2 is 1.59 bits per heavy atom. The van der Waals surface area contributed by atoms with Gasteiger partial charge in [-0.3, -0.25) is 9.59 Å². The Hall–Kier alpha value is -2.58. The van der Waals surface area contributed by atoms with Gasteiger partial charge < -0.3 is 15.0 Å². The van der Waals surface area contributed by atoms with Crippen LogP contribution in [0.1, 0.15) is 43.2 Å². The molecule has 1 atom stereocenters. The van der Waals surface area contributed by atoms with Crippen LogP contribution >= 0.6 is 34.2 Å². The topological polar surface area (TPSA) is 58.6 Å². The Labute approximate surface area is 237 Å². The van der Waals surface area contributed by atoms with Gasteiger partial charge in [-0.1, -0.05) is 73.3 Å². The molecule has 3 aromatic carbocycles. The van der Waals surface area contributed by atoms with E-state index in [-0.39, 0.29) is 31.0 Å². The molecule has 1 N–H and O–H groups in total. The lowest BCUT2D eigenvalue weighted by Gasteiger charge is -2.33. The third kappa shape index (κ3) is 8.47. The van der Waals surface area contributed by atoms with Crippen LogP contribution in [0, 0.1) is 3.57 Å². The average Bonchev–Trinajstić information content (AvgIpc) is 2.92. The summed E-state index contributed by atoms with van der Waals surface area (Å²) >= 11 is 8.33. The third-order valence-corrected chi connectivity index (χ3v) is 7.64. The number of amides is 2. The summed E-state index contributed by atoms with van der Waals surface area (Å²) in [4.78, 5) is 29.1. The third-order valence-electron chi connectivity index (χ3n) is 6.66. The number of rotatable bonds is 10.